The number of ether oxygens (including phenoxy) is 2. The molecule has 2 rings (SSSR count). The number of aliphatic hydroxyl groups excluding tert-OH is 1. The third-order valence-corrected chi connectivity index (χ3v) is 2.29. The van der Waals surface area contributed by atoms with Gasteiger partial charge in [0.25, 0.3) is 5.91 Å². The average molecular weight is 239 g/mol. The molecule has 0 aliphatic carbocycles. The highest BCUT2D eigenvalue weighted by atomic mass is 16.7. The van der Waals surface area contributed by atoms with Gasteiger partial charge in [0.05, 0.1) is 11.7 Å². The Labute approximate surface area is 97.8 Å². The first-order valence-electron chi connectivity index (χ1n) is 5.17. The van der Waals surface area contributed by atoms with E-state index in [4.69, 9.17) is 14.6 Å². The van der Waals surface area contributed by atoms with E-state index in [1.807, 2.05) is 0 Å². The summed E-state index contributed by atoms with van der Waals surface area (Å²) in [6.07, 6.45) is -0.643. The minimum absolute atomic E-state index is 0.0769. The first kappa shape index (κ1) is 11.5. The van der Waals surface area contributed by atoms with Gasteiger partial charge in [-0.15, -0.1) is 0 Å². The van der Waals surface area contributed by atoms with Crippen molar-refractivity contribution in [2.75, 3.05) is 13.3 Å². The molecule has 1 aliphatic heterocycles. The van der Waals surface area contributed by atoms with Crippen molar-refractivity contribution in [1.29, 1.82) is 0 Å². The van der Waals surface area contributed by atoms with E-state index in [2.05, 4.69) is 5.32 Å². The lowest BCUT2D eigenvalue weighted by atomic mass is 10.1. The summed E-state index contributed by atoms with van der Waals surface area (Å²) in [5, 5.41) is 21.2. The van der Waals surface area contributed by atoms with Crippen LogP contribution in [0.25, 0.3) is 0 Å². The number of hydrogen-bond acceptors (Lipinski definition) is 5. The van der Waals surface area contributed by atoms with E-state index in [-0.39, 0.29) is 24.7 Å². The van der Waals surface area contributed by atoms with Gasteiger partial charge in [0.1, 0.15) is 5.75 Å². The van der Waals surface area contributed by atoms with E-state index in [1.54, 1.807) is 6.92 Å². The lowest BCUT2D eigenvalue weighted by Gasteiger charge is -2.09. The van der Waals surface area contributed by atoms with Crippen LogP contribution in [-0.4, -0.2) is 35.6 Å². The minimum Gasteiger partial charge on any atom is -0.507 e. The first-order chi connectivity index (χ1) is 8.08. The molecule has 0 fully saturated rings. The fourth-order valence-electron chi connectivity index (χ4n) is 1.45. The fraction of sp³-hybridized carbons (Fsp3) is 0.364. The molecule has 6 nitrogen and oxygen atoms in total. The summed E-state index contributed by atoms with van der Waals surface area (Å²) in [6.45, 7) is 1.75. The van der Waals surface area contributed by atoms with Gasteiger partial charge in [-0.05, 0) is 6.92 Å². The zero-order valence-corrected chi connectivity index (χ0v) is 9.27. The Bertz CT molecular complexity index is 444. The van der Waals surface area contributed by atoms with Crippen molar-refractivity contribution in [3.8, 4) is 17.2 Å². The zero-order valence-electron chi connectivity index (χ0n) is 9.27. The number of rotatable bonds is 3. The molecule has 1 aromatic rings. The van der Waals surface area contributed by atoms with Crippen LogP contribution in [0.15, 0.2) is 12.1 Å². The summed E-state index contributed by atoms with van der Waals surface area (Å²) in [6, 6.07) is 2.74. The van der Waals surface area contributed by atoms with E-state index in [1.165, 1.54) is 12.1 Å². The highest BCUT2D eigenvalue weighted by Crippen LogP contribution is 2.37. The Morgan fingerprint density at radius 2 is 2.12 bits per heavy atom. The summed E-state index contributed by atoms with van der Waals surface area (Å²) in [5.41, 5.74) is 0.0925. The first-order valence-corrected chi connectivity index (χ1v) is 5.17. The van der Waals surface area contributed by atoms with Crippen molar-refractivity contribution in [1.82, 2.24) is 5.32 Å². The van der Waals surface area contributed by atoms with Crippen LogP contribution in [0.4, 0.5) is 0 Å². The predicted octanol–water partition coefficient (Wildman–Crippen LogP) is 0.232. The molecule has 1 amide bonds. The molecule has 92 valence electrons. The van der Waals surface area contributed by atoms with Crippen molar-refractivity contribution < 1.29 is 24.5 Å². The van der Waals surface area contributed by atoms with Crippen LogP contribution in [0.2, 0.25) is 0 Å². The Balaban J connectivity index is 2.18. The van der Waals surface area contributed by atoms with Crippen molar-refractivity contribution in [2.24, 2.45) is 0 Å². The molecule has 1 aliphatic rings. The molecule has 0 saturated heterocycles. The Morgan fingerprint density at radius 3 is 2.76 bits per heavy atom. The van der Waals surface area contributed by atoms with Gasteiger partial charge in [0, 0.05) is 18.7 Å². The van der Waals surface area contributed by atoms with Crippen LogP contribution in [0.5, 0.6) is 17.2 Å². The number of fused-ring (bicyclic) bond motifs is 1. The molecule has 3 N–H and O–H groups in total. The van der Waals surface area contributed by atoms with E-state index in [9.17, 15) is 9.90 Å². The second kappa shape index (κ2) is 4.50. The smallest absolute Gasteiger partial charge is 0.255 e. The third-order valence-electron chi connectivity index (χ3n) is 2.29. The van der Waals surface area contributed by atoms with Crippen molar-refractivity contribution in [3.05, 3.63) is 17.7 Å². The minimum atomic E-state index is -0.643. The highest BCUT2D eigenvalue weighted by Gasteiger charge is 2.20. The molecule has 1 atom stereocenters. The number of carbonyl (C=O) groups excluding carboxylic acids is 1. The summed E-state index contributed by atoms with van der Waals surface area (Å²) in [4.78, 5) is 11.7. The fourth-order valence-corrected chi connectivity index (χ4v) is 1.45. The number of aliphatic hydroxyl groups is 1. The van der Waals surface area contributed by atoms with Gasteiger partial charge in [-0.1, -0.05) is 0 Å². The average Bonchev–Trinajstić information content (AvgIpc) is 2.71. The largest absolute Gasteiger partial charge is 0.507 e. The Hall–Kier alpha value is -1.95. The molecule has 6 heteroatoms. The second-order valence-electron chi connectivity index (χ2n) is 3.78. The monoisotopic (exact) mass is 239 g/mol. The van der Waals surface area contributed by atoms with Crippen LogP contribution < -0.4 is 14.8 Å². The number of nitrogens with one attached hydrogen (secondary N) is 1. The van der Waals surface area contributed by atoms with E-state index in [0.29, 0.717) is 11.5 Å². The number of carbonyl (C=O) groups is 1. The molecule has 1 unspecified atom stereocenters. The van der Waals surface area contributed by atoms with Crippen LogP contribution in [-0.2, 0) is 0 Å². The lowest BCUT2D eigenvalue weighted by Crippen LogP contribution is -2.30. The van der Waals surface area contributed by atoms with Crippen molar-refractivity contribution >= 4 is 5.91 Å². The maximum atomic E-state index is 11.7. The highest BCUT2D eigenvalue weighted by molar-refractivity contribution is 5.97. The van der Waals surface area contributed by atoms with Crippen molar-refractivity contribution in [2.45, 2.75) is 13.0 Å². The van der Waals surface area contributed by atoms with E-state index < -0.39 is 12.0 Å². The standard InChI is InChI=1S/C11H13NO5/c1-6(13)4-12-11(15)7-2-9-10(3-8(7)14)17-5-16-9/h2-3,6,13-14H,4-5H2,1H3,(H,12,15). The molecular formula is C11H13NO5. The quantitative estimate of drug-likeness (QED) is 0.702. The van der Waals surface area contributed by atoms with Crippen LogP contribution in [0, 0.1) is 0 Å². The number of phenolic OH excluding ortho intramolecular Hbond substituents is 1. The molecular weight excluding hydrogens is 226 g/mol. The number of amides is 1. The zero-order chi connectivity index (χ0) is 12.4. The molecule has 1 heterocycles. The SMILES string of the molecule is CC(O)CNC(=O)c1cc2c(cc1O)OCO2. The molecule has 0 radical (unpaired) electrons. The lowest BCUT2D eigenvalue weighted by molar-refractivity contribution is 0.0921. The molecule has 0 saturated carbocycles. The van der Waals surface area contributed by atoms with Gasteiger partial charge in [0.2, 0.25) is 6.79 Å². The van der Waals surface area contributed by atoms with Gasteiger partial charge >= 0.3 is 0 Å². The van der Waals surface area contributed by atoms with Gasteiger partial charge in [-0.3, -0.25) is 4.79 Å². The molecule has 0 spiro atoms. The van der Waals surface area contributed by atoms with Crippen molar-refractivity contribution in [3.63, 3.8) is 0 Å². The summed E-state index contributed by atoms with van der Waals surface area (Å²) in [5.74, 6) is 0.179. The summed E-state index contributed by atoms with van der Waals surface area (Å²) >= 11 is 0. The summed E-state index contributed by atoms with van der Waals surface area (Å²) < 4.78 is 10.2. The van der Waals surface area contributed by atoms with Gasteiger partial charge in [-0.25, -0.2) is 0 Å². The summed E-state index contributed by atoms with van der Waals surface area (Å²) in [7, 11) is 0. The number of phenols is 1. The maximum absolute atomic E-state index is 11.7. The second-order valence-corrected chi connectivity index (χ2v) is 3.78. The van der Waals surface area contributed by atoms with Gasteiger partial charge in [-0.2, -0.15) is 0 Å². The number of hydrogen-bond donors (Lipinski definition) is 3. The Morgan fingerprint density at radius 1 is 1.47 bits per heavy atom. The number of aromatic hydroxyl groups is 1. The normalized spacial score (nSPS) is 14.5. The predicted molar refractivity (Wildman–Crippen MR) is 58.2 cm³/mol. The molecule has 0 bridgehead atoms. The van der Waals surface area contributed by atoms with E-state index >= 15 is 0 Å². The molecule has 1 aromatic carbocycles. The van der Waals surface area contributed by atoms with Crippen LogP contribution >= 0.6 is 0 Å². The van der Waals surface area contributed by atoms with Gasteiger partial charge in [0.15, 0.2) is 11.5 Å². The maximum Gasteiger partial charge on any atom is 0.255 e. The molecule has 0 aromatic heterocycles. The van der Waals surface area contributed by atoms with Gasteiger partial charge < -0.3 is 25.0 Å². The van der Waals surface area contributed by atoms with Crippen LogP contribution in [0.1, 0.15) is 17.3 Å². The molecule has 17 heavy (non-hydrogen) atoms. The Kier molecular flexibility index (Phi) is 3.06. The topological polar surface area (TPSA) is 88.0 Å². The van der Waals surface area contributed by atoms with Crippen LogP contribution in [0.3, 0.4) is 0 Å². The van der Waals surface area contributed by atoms with E-state index in [0.717, 1.165) is 0 Å². The third kappa shape index (κ3) is 2.42. The number of benzene rings is 1.